The Balaban J connectivity index is 0.00000306. The third-order valence-electron chi connectivity index (χ3n) is 5.54. The predicted octanol–water partition coefficient (Wildman–Crippen LogP) is 2.32. The summed E-state index contributed by atoms with van der Waals surface area (Å²) in [7, 11) is 0. The molecule has 1 fully saturated rings. The summed E-state index contributed by atoms with van der Waals surface area (Å²) in [5, 5.41) is 26.2. The number of aliphatic hydroxyl groups excluding tert-OH is 2. The van der Waals surface area contributed by atoms with Gasteiger partial charge in [-0.05, 0) is 42.8 Å². The third-order valence-corrected chi connectivity index (χ3v) is 5.54. The van der Waals surface area contributed by atoms with Gasteiger partial charge < -0.3 is 20.4 Å². The zero-order chi connectivity index (χ0) is 22.7. The minimum Gasteiger partial charge on any atom is -0.395 e. The van der Waals surface area contributed by atoms with Gasteiger partial charge in [-0.3, -0.25) is 4.90 Å². The zero-order valence-electron chi connectivity index (χ0n) is 17.7. The molecule has 2 aromatic carbocycles. The smallest absolute Gasteiger partial charge is 0.246 e. The third kappa shape index (κ3) is 5.04. The number of benzene rings is 2. The molecule has 1 aromatic heterocycles. The molecule has 0 bridgehead atoms. The van der Waals surface area contributed by atoms with Gasteiger partial charge >= 0.3 is 0 Å². The molecule has 172 valence electrons. The van der Waals surface area contributed by atoms with Crippen molar-refractivity contribution in [3.63, 3.8) is 0 Å². The summed E-state index contributed by atoms with van der Waals surface area (Å²) >= 11 is 0. The van der Waals surface area contributed by atoms with Crippen LogP contribution in [0.2, 0.25) is 0 Å². The Hall–Kier alpha value is -3.08. The van der Waals surface area contributed by atoms with Crippen molar-refractivity contribution in [2.45, 2.75) is 13.0 Å². The summed E-state index contributed by atoms with van der Waals surface area (Å²) in [6.45, 7) is 4.93. The molecule has 0 radical (unpaired) electrons. The van der Waals surface area contributed by atoms with Crippen molar-refractivity contribution in [3.05, 3.63) is 59.9 Å². The molecule has 0 aliphatic carbocycles. The van der Waals surface area contributed by atoms with E-state index in [4.69, 9.17) is 0 Å². The Kier molecular flexibility index (Phi) is 6.63. The van der Waals surface area contributed by atoms with Crippen LogP contribution in [-0.2, 0) is 0 Å². The van der Waals surface area contributed by atoms with Gasteiger partial charge in [-0.1, -0.05) is 0 Å². The number of halogens is 2. The molecule has 2 heterocycles. The quantitative estimate of drug-likeness (QED) is 0.513. The maximum Gasteiger partial charge on any atom is 0.246 e. The Morgan fingerprint density at radius 2 is 1.66 bits per heavy atom. The minimum atomic E-state index is -0.683. The van der Waals surface area contributed by atoms with Crippen LogP contribution in [0.3, 0.4) is 0 Å². The number of aliphatic hydroxyl groups is 2. The summed E-state index contributed by atoms with van der Waals surface area (Å²) in [5.41, 5.74) is 3.15. The molecule has 0 spiro atoms. The van der Waals surface area contributed by atoms with Crippen LogP contribution in [0.4, 0.5) is 26.1 Å². The number of hydrogen-bond acceptors (Lipinski definition) is 7. The molecule has 0 unspecified atom stereocenters. The Bertz CT molecular complexity index is 1050. The second kappa shape index (κ2) is 9.60. The molecule has 10 heteroatoms. The summed E-state index contributed by atoms with van der Waals surface area (Å²) in [6, 6.07) is 9.02. The highest BCUT2D eigenvalue weighted by Crippen LogP contribution is 2.25. The van der Waals surface area contributed by atoms with E-state index >= 15 is 0 Å². The van der Waals surface area contributed by atoms with E-state index in [0.717, 1.165) is 49.2 Å². The molecular weight excluding hydrogens is 418 g/mol. The van der Waals surface area contributed by atoms with E-state index in [1.807, 2.05) is 19.1 Å². The number of piperazine rings is 1. The van der Waals surface area contributed by atoms with Gasteiger partial charge in [0.05, 0.1) is 24.9 Å². The van der Waals surface area contributed by atoms with Crippen molar-refractivity contribution >= 4 is 17.3 Å². The predicted molar refractivity (Wildman–Crippen MR) is 120 cm³/mol. The van der Waals surface area contributed by atoms with Crippen molar-refractivity contribution in [1.82, 2.24) is 19.7 Å². The van der Waals surface area contributed by atoms with Crippen molar-refractivity contribution in [2.75, 3.05) is 49.6 Å². The average Bonchev–Trinajstić information content (AvgIpc) is 3.22. The van der Waals surface area contributed by atoms with Crippen LogP contribution >= 0.6 is 0 Å². The van der Waals surface area contributed by atoms with E-state index in [2.05, 4.69) is 31.3 Å². The number of nitrogens with one attached hydrogen (secondary N) is 1. The normalized spacial score (nSPS) is 14.9. The Morgan fingerprint density at radius 1 is 0.969 bits per heavy atom. The number of aryl methyl sites for hydroxylation is 1. The van der Waals surface area contributed by atoms with Crippen molar-refractivity contribution in [2.24, 2.45) is 0 Å². The van der Waals surface area contributed by atoms with Crippen LogP contribution in [0.1, 0.15) is 6.99 Å². The van der Waals surface area contributed by atoms with Crippen LogP contribution in [0.5, 0.6) is 0 Å². The number of rotatable bonds is 7. The minimum absolute atomic E-state index is 0. The average molecular weight is 447 g/mol. The fourth-order valence-corrected chi connectivity index (χ4v) is 3.90. The van der Waals surface area contributed by atoms with Gasteiger partial charge in [0.1, 0.15) is 18.0 Å². The summed E-state index contributed by atoms with van der Waals surface area (Å²) in [6.07, 6.45) is 1.39. The topological polar surface area (TPSA) is 89.7 Å². The van der Waals surface area contributed by atoms with Crippen molar-refractivity contribution in [3.8, 4) is 5.69 Å². The van der Waals surface area contributed by atoms with E-state index in [9.17, 15) is 19.0 Å². The first-order chi connectivity index (χ1) is 15.4. The summed E-state index contributed by atoms with van der Waals surface area (Å²) in [5.74, 6) is -1.06. The molecule has 3 aromatic rings. The number of hydrogen-bond donors (Lipinski definition) is 3. The largest absolute Gasteiger partial charge is 0.395 e. The molecule has 1 aliphatic heterocycles. The first-order valence-corrected chi connectivity index (χ1v) is 10.4. The Morgan fingerprint density at radius 3 is 2.31 bits per heavy atom. The van der Waals surface area contributed by atoms with Gasteiger partial charge in [-0.2, -0.15) is 4.98 Å². The van der Waals surface area contributed by atoms with Crippen LogP contribution in [-0.4, -0.2) is 75.3 Å². The highest BCUT2D eigenvalue weighted by molar-refractivity contribution is 5.64. The molecule has 1 saturated heterocycles. The van der Waals surface area contributed by atoms with E-state index in [-0.39, 0.29) is 26.4 Å². The highest BCUT2D eigenvalue weighted by atomic mass is 19.1. The van der Waals surface area contributed by atoms with Gasteiger partial charge in [0.15, 0.2) is 0 Å². The molecule has 0 amide bonds. The van der Waals surface area contributed by atoms with E-state index in [0.29, 0.717) is 5.95 Å². The molecule has 0 atom stereocenters. The van der Waals surface area contributed by atoms with E-state index in [1.165, 1.54) is 23.1 Å². The number of nitrogens with zero attached hydrogens (tertiary/aromatic N) is 5. The lowest BCUT2D eigenvalue weighted by Crippen LogP contribution is -2.52. The number of aromatic nitrogens is 3. The maximum absolute atomic E-state index is 13.5. The van der Waals surface area contributed by atoms with E-state index < -0.39 is 11.6 Å². The van der Waals surface area contributed by atoms with Gasteiger partial charge in [0.2, 0.25) is 5.95 Å². The standard InChI is InChI=1S/C22H26F2N6O2.H2/c1-15-6-18(11-19(7-15)28-2-4-29(5-3-28)21(12-31)13-32)26-22-25-14-30(27-22)20-9-16(23)8-17(24)10-20;/h6-11,14,21,31-32H,2-5,12-13H2,1H3,(H,26,27);1H. The van der Waals surface area contributed by atoms with Crippen LogP contribution in [0, 0.1) is 18.6 Å². The first-order valence-electron chi connectivity index (χ1n) is 10.4. The van der Waals surface area contributed by atoms with Gasteiger partial charge in [0.25, 0.3) is 0 Å². The Labute approximate surface area is 186 Å². The maximum atomic E-state index is 13.5. The molecule has 0 saturated carbocycles. The fraction of sp³-hybridized carbons (Fsp3) is 0.364. The SMILES string of the molecule is Cc1cc(Nc2ncn(-c3cc(F)cc(F)c3)n2)cc(N2CCN(C(CO)CO)CC2)c1.[HH]. The van der Waals surface area contributed by atoms with Gasteiger partial charge in [0, 0.05) is 45.0 Å². The molecule has 4 rings (SSSR count). The molecule has 32 heavy (non-hydrogen) atoms. The molecule has 1 aliphatic rings. The zero-order valence-corrected chi connectivity index (χ0v) is 17.7. The molecule has 3 N–H and O–H groups in total. The first kappa shape index (κ1) is 22.1. The summed E-state index contributed by atoms with van der Waals surface area (Å²) < 4.78 is 28.3. The monoisotopic (exact) mass is 446 g/mol. The van der Waals surface area contributed by atoms with Crippen molar-refractivity contribution in [1.29, 1.82) is 0 Å². The lowest BCUT2D eigenvalue weighted by Gasteiger charge is -2.39. The van der Waals surface area contributed by atoms with Gasteiger partial charge in [-0.15, -0.1) is 5.10 Å². The second-order valence-electron chi connectivity index (χ2n) is 7.86. The van der Waals surface area contributed by atoms with Crippen LogP contribution in [0.15, 0.2) is 42.7 Å². The fourth-order valence-electron chi connectivity index (χ4n) is 3.90. The highest BCUT2D eigenvalue weighted by Gasteiger charge is 2.23. The molecular formula is C22H28F2N6O2. The number of anilines is 3. The lowest BCUT2D eigenvalue weighted by atomic mass is 10.1. The van der Waals surface area contributed by atoms with Crippen molar-refractivity contribution < 1.29 is 20.4 Å². The van der Waals surface area contributed by atoms with Crippen LogP contribution < -0.4 is 10.2 Å². The summed E-state index contributed by atoms with van der Waals surface area (Å²) in [4.78, 5) is 8.54. The lowest BCUT2D eigenvalue weighted by molar-refractivity contribution is 0.0700. The molecule has 8 nitrogen and oxygen atoms in total. The second-order valence-corrected chi connectivity index (χ2v) is 7.86. The van der Waals surface area contributed by atoms with Gasteiger partial charge in [-0.25, -0.2) is 13.5 Å². The van der Waals surface area contributed by atoms with E-state index in [1.54, 1.807) is 0 Å². The van der Waals surface area contributed by atoms with Crippen LogP contribution in [0.25, 0.3) is 5.69 Å².